The summed E-state index contributed by atoms with van der Waals surface area (Å²) in [6.45, 7) is 0.373. The second-order valence-electron chi connectivity index (χ2n) is 3.66. The van der Waals surface area contributed by atoms with Crippen LogP contribution < -0.4 is 5.32 Å². The van der Waals surface area contributed by atoms with Crippen LogP contribution in [0.3, 0.4) is 0 Å². The van der Waals surface area contributed by atoms with Crippen LogP contribution in [0.25, 0.3) is 0 Å². The number of alkyl halides is 3. The van der Waals surface area contributed by atoms with Gasteiger partial charge in [-0.3, -0.25) is 0 Å². The van der Waals surface area contributed by atoms with Crippen LogP contribution in [0.1, 0.15) is 17.2 Å². The third kappa shape index (κ3) is 2.51. The minimum absolute atomic E-state index is 0.143. The molecule has 0 amide bonds. The van der Waals surface area contributed by atoms with Gasteiger partial charge in [-0.2, -0.15) is 13.2 Å². The molecule has 1 saturated heterocycles. The quantitative estimate of drug-likeness (QED) is 0.822. The smallest absolute Gasteiger partial charge is 0.416 e. The highest BCUT2D eigenvalue weighted by Crippen LogP contribution is 2.30. The number of nitrogens with one attached hydrogen (secondary N) is 1. The molecule has 1 aromatic rings. The fourth-order valence-corrected chi connectivity index (χ4v) is 1.61. The van der Waals surface area contributed by atoms with E-state index in [1.54, 1.807) is 7.05 Å². The van der Waals surface area contributed by atoms with Crippen molar-refractivity contribution < 1.29 is 17.9 Å². The Labute approximate surface area is 96.3 Å². The molecule has 92 valence electrons. The molecule has 1 unspecified atom stereocenters. The molecular formula is C11H11F3N2O. The summed E-state index contributed by atoms with van der Waals surface area (Å²) in [5.74, 6) is 0. The Morgan fingerprint density at radius 3 is 2.41 bits per heavy atom. The summed E-state index contributed by atoms with van der Waals surface area (Å²) in [6, 6.07) is 5.30. The number of amidine groups is 1. The van der Waals surface area contributed by atoms with Gasteiger partial charge in [-0.1, -0.05) is 12.1 Å². The highest BCUT2D eigenvalue weighted by atomic mass is 19.4. The van der Waals surface area contributed by atoms with E-state index in [0.717, 1.165) is 17.7 Å². The molecular weight excluding hydrogens is 233 g/mol. The topological polar surface area (TPSA) is 33.6 Å². The lowest BCUT2D eigenvalue weighted by Crippen LogP contribution is -2.19. The summed E-state index contributed by atoms with van der Waals surface area (Å²) in [6.07, 6.45) is -4.30. The molecule has 6 heteroatoms. The van der Waals surface area contributed by atoms with Crippen LogP contribution in [0.15, 0.2) is 29.3 Å². The summed E-state index contributed by atoms with van der Waals surface area (Å²) in [5, 5.41) is 2.96. The van der Waals surface area contributed by atoms with Gasteiger partial charge in [0.25, 0.3) is 6.02 Å². The highest BCUT2D eigenvalue weighted by Gasteiger charge is 2.30. The lowest BCUT2D eigenvalue weighted by molar-refractivity contribution is -0.137. The molecule has 17 heavy (non-hydrogen) atoms. The average Bonchev–Trinajstić information content (AvgIpc) is 2.76. The van der Waals surface area contributed by atoms with Gasteiger partial charge in [0, 0.05) is 7.05 Å². The van der Waals surface area contributed by atoms with E-state index in [2.05, 4.69) is 10.3 Å². The van der Waals surface area contributed by atoms with Crippen molar-refractivity contribution in [2.24, 2.45) is 4.99 Å². The summed E-state index contributed by atoms with van der Waals surface area (Å²) in [4.78, 5) is 3.82. The van der Waals surface area contributed by atoms with E-state index in [4.69, 9.17) is 4.74 Å². The minimum Gasteiger partial charge on any atom is -0.463 e. The molecule has 0 aliphatic carbocycles. The molecule has 0 radical (unpaired) electrons. The van der Waals surface area contributed by atoms with Crippen LogP contribution in [0.2, 0.25) is 0 Å². The SMILES string of the molecule is CN=C1NC(c2ccc(C(F)(F)F)cc2)CO1. The van der Waals surface area contributed by atoms with Crippen LogP contribution in [-0.2, 0) is 10.9 Å². The highest BCUT2D eigenvalue weighted by molar-refractivity contribution is 5.75. The maximum absolute atomic E-state index is 12.4. The maximum atomic E-state index is 12.4. The molecule has 0 bridgehead atoms. The molecule has 3 nitrogen and oxygen atoms in total. The van der Waals surface area contributed by atoms with Crippen LogP contribution in [-0.4, -0.2) is 19.7 Å². The largest absolute Gasteiger partial charge is 0.463 e. The number of halogens is 3. The third-order valence-electron chi connectivity index (χ3n) is 2.53. The molecule has 0 aromatic heterocycles. The van der Waals surface area contributed by atoms with Gasteiger partial charge in [-0.25, -0.2) is 4.99 Å². The van der Waals surface area contributed by atoms with E-state index < -0.39 is 11.7 Å². The van der Waals surface area contributed by atoms with Gasteiger partial charge < -0.3 is 10.1 Å². The first-order chi connectivity index (χ1) is 8.00. The van der Waals surface area contributed by atoms with E-state index in [9.17, 15) is 13.2 Å². The normalized spacial score (nSPS) is 22.4. The lowest BCUT2D eigenvalue weighted by Gasteiger charge is -2.10. The van der Waals surface area contributed by atoms with Crippen molar-refractivity contribution in [3.63, 3.8) is 0 Å². The van der Waals surface area contributed by atoms with Crippen molar-refractivity contribution in [3.05, 3.63) is 35.4 Å². The van der Waals surface area contributed by atoms with Crippen molar-refractivity contribution in [3.8, 4) is 0 Å². The second kappa shape index (κ2) is 4.27. The molecule has 1 aliphatic heterocycles. The van der Waals surface area contributed by atoms with Crippen molar-refractivity contribution in [2.45, 2.75) is 12.2 Å². The monoisotopic (exact) mass is 244 g/mol. The van der Waals surface area contributed by atoms with Crippen molar-refractivity contribution >= 4 is 6.02 Å². The first-order valence-electron chi connectivity index (χ1n) is 5.04. The first-order valence-corrected chi connectivity index (χ1v) is 5.04. The van der Waals surface area contributed by atoms with Crippen molar-refractivity contribution in [2.75, 3.05) is 13.7 Å². The lowest BCUT2D eigenvalue weighted by atomic mass is 10.1. The van der Waals surface area contributed by atoms with Gasteiger partial charge in [0.05, 0.1) is 11.6 Å². The summed E-state index contributed by atoms with van der Waals surface area (Å²) in [7, 11) is 1.58. The zero-order chi connectivity index (χ0) is 12.5. The summed E-state index contributed by atoms with van der Waals surface area (Å²) >= 11 is 0. The summed E-state index contributed by atoms with van der Waals surface area (Å²) in [5.41, 5.74) is 0.0983. The Kier molecular flexibility index (Phi) is 2.95. The Hall–Kier alpha value is -1.72. The standard InChI is InChI=1S/C11H11F3N2O/c1-15-10-16-9(6-17-10)7-2-4-8(5-3-7)11(12,13)14/h2-5,9H,6H2,1H3,(H,15,16). The van der Waals surface area contributed by atoms with Gasteiger partial charge in [0.1, 0.15) is 6.61 Å². The fourth-order valence-electron chi connectivity index (χ4n) is 1.61. The first kappa shape index (κ1) is 11.8. The Balaban J connectivity index is 2.14. The van der Waals surface area contributed by atoms with E-state index in [0.29, 0.717) is 12.6 Å². The van der Waals surface area contributed by atoms with Gasteiger partial charge in [-0.05, 0) is 17.7 Å². The van der Waals surface area contributed by atoms with Crippen LogP contribution in [0.4, 0.5) is 13.2 Å². The molecule has 1 aromatic carbocycles. The average molecular weight is 244 g/mol. The molecule has 0 saturated carbocycles. The van der Waals surface area contributed by atoms with Gasteiger partial charge in [-0.15, -0.1) is 0 Å². The van der Waals surface area contributed by atoms with Crippen LogP contribution in [0, 0.1) is 0 Å². The van der Waals surface area contributed by atoms with E-state index in [1.807, 2.05) is 0 Å². The molecule has 0 spiro atoms. The van der Waals surface area contributed by atoms with Gasteiger partial charge in [0.2, 0.25) is 0 Å². The minimum atomic E-state index is -4.30. The predicted molar refractivity (Wildman–Crippen MR) is 56.6 cm³/mol. The molecule has 2 rings (SSSR count). The van der Waals surface area contributed by atoms with E-state index in [1.165, 1.54) is 12.1 Å². The number of rotatable bonds is 1. The molecule has 1 N–H and O–H groups in total. The Morgan fingerprint density at radius 2 is 1.94 bits per heavy atom. The summed E-state index contributed by atoms with van der Waals surface area (Å²) < 4.78 is 42.2. The van der Waals surface area contributed by atoms with Crippen LogP contribution in [0.5, 0.6) is 0 Å². The predicted octanol–water partition coefficient (Wildman–Crippen LogP) is 2.35. The van der Waals surface area contributed by atoms with E-state index in [-0.39, 0.29) is 6.04 Å². The third-order valence-corrected chi connectivity index (χ3v) is 2.53. The zero-order valence-corrected chi connectivity index (χ0v) is 9.08. The van der Waals surface area contributed by atoms with Crippen molar-refractivity contribution in [1.29, 1.82) is 0 Å². The second-order valence-corrected chi connectivity index (χ2v) is 3.66. The molecule has 1 aliphatic rings. The fraction of sp³-hybridized carbons (Fsp3) is 0.364. The number of nitrogens with zero attached hydrogens (tertiary/aromatic N) is 1. The van der Waals surface area contributed by atoms with Gasteiger partial charge >= 0.3 is 6.18 Å². The molecule has 1 atom stereocenters. The van der Waals surface area contributed by atoms with E-state index >= 15 is 0 Å². The zero-order valence-electron chi connectivity index (χ0n) is 9.08. The number of aliphatic imine (C=N–C) groups is 1. The number of ether oxygens (including phenoxy) is 1. The Morgan fingerprint density at radius 1 is 1.29 bits per heavy atom. The molecule has 1 fully saturated rings. The van der Waals surface area contributed by atoms with Gasteiger partial charge in [0.15, 0.2) is 0 Å². The van der Waals surface area contributed by atoms with Crippen molar-refractivity contribution in [1.82, 2.24) is 5.32 Å². The number of hydrogen-bond donors (Lipinski definition) is 1. The molecule has 1 heterocycles. The van der Waals surface area contributed by atoms with Crippen LogP contribution >= 0.6 is 0 Å². The maximum Gasteiger partial charge on any atom is 0.416 e. The Bertz CT molecular complexity index is 425. The number of benzene rings is 1. The number of hydrogen-bond acceptors (Lipinski definition) is 2.